The van der Waals surface area contributed by atoms with Gasteiger partial charge in [-0.05, 0) is 24.1 Å². The number of thiol groups is 1. The number of carboxylic acid groups (broad SMARTS) is 1. The lowest BCUT2D eigenvalue weighted by molar-refractivity contribution is -0.136. The zero-order valence-electron chi connectivity index (χ0n) is 9.19. The highest BCUT2D eigenvalue weighted by molar-refractivity contribution is 7.80. The third kappa shape index (κ3) is 3.06. The van der Waals surface area contributed by atoms with Crippen LogP contribution in [0.25, 0.3) is 0 Å². The Balaban J connectivity index is 2.96. The van der Waals surface area contributed by atoms with Gasteiger partial charge in [-0.1, -0.05) is 0 Å². The topological polar surface area (TPSA) is 55.8 Å². The van der Waals surface area contributed by atoms with Gasteiger partial charge in [-0.3, -0.25) is 4.79 Å². The van der Waals surface area contributed by atoms with Crippen molar-refractivity contribution in [1.82, 2.24) is 0 Å². The molecule has 5 heteroatoms. The van der Waals surface area contributed by atoms with Gasteiger partial charge in [0.15, 0.2) is 11.5 Å². The monoisotopic (exact) mass is 242 g/mol. The quantitative estimate of drug-likeness (QED) is 0.775. The van der Waals surface area contributed by atoms with E-state index >= 15 is 0 Å². The van der Waals surface area contributed by atoms with Gasteiger partial charge in [-0.2, -0.15) is 0 Å². The fourth-order valence-electron chi connectivity index (χ4n) is 1.35. The van der Waals surface area contributed by atoms with E-state index in [4.69, 9.17) is 14.6 Å². The van der Waals surface area contributed by atoms with E-state index in [0.717, 1.165) is 5.56 Å². The summed E-state index contributed by atoms with van der Waals surface area (Å²) >= 11 is 4.28. The summed E-state index contributed by atoms with van der Waals surface area (Å²) in [5.41, 5.74) is 0.836. The van der Waals surface area contributed by atoms with Crippen LogP contribution in [0.4, 0.5) is 0 Å². The molecule has 0 saturated carbocycles. The Kier molecular flexibility index (Phi) is 4.49. The van der Waals surface area contributed by atoms with Gasteiger partial charge in [-0.15, -0.1) is 12.6 Å². The van der Waals surface area contributed by atoms with Crippen LogP contribution in [-0.4, -0.2) is 25.3 Å². The van der Waals surface area contributed by atoms with Gasteiger partial charge in [0.1, 0.15) is 0 Å². The molecule has 0 atom stereocenters. The number of carbonyl (C=O) groups is 1. The molecule has 0 radical (unpaired) electrons. The summed E-state index contributed by atoms with van der Waals surface area (Å²) in [4.78, 5) is 11.2. The molecular formula is C11H14O4S. The van der Waals surface area contributed by atoms with Crippen molar-refractivity contribution in [3.05, 3.63) is 17.7 Å². The molecule has 88 valence electrons. The van der Waals surface area contributed by atoms with E-state index in [9.17, 15) is 4.79 Å². The Morgan fingerprint density at radius 3 is 2.38 bits per heavy atom. The first-order chi connectivity index (χ1) is 7.58. The number of carboxylic acids is 1. The van der Waals surface area contributed by atoms with Crippen molar-refractivity contribution in [2.75, 3.05) is 14.2 Å². The molecule has 0 saturated heterocycles. The maximum atomic E-state index is 10.5. The molecule has 1 aromatic rings. The summed E-state index contributed by atoms with van der Waals surface area (Å²) < 4.78 is 10.2. The third-order valence-corrected chi connectivity index (χ3v) is 2.61. The molecule has 0 aliphatic carbocycles. The molecule has 0 fully saturated rings. The van der Waals surface area contributed by atoms with E-state index in [2.05, 4.69) is 12.6 Å². The highest BCUT2D eigenvalue weighted by atomic mass is 32.1. The molecule has 1 N–H and O–H groups in total. The van der Waals surface area contributed by atoms with Gasteiger partial charge in [0.05, 0.1) is 14.2 Å². The van der Waals surface area contributed by atoms with Gasteiger partial charge in [-0.25, -0.2) is 0 Å². The predicted octanol–water partition coefficient (Wildman–Crippen LogP) is 2.01. The molecule has 0 amide bonds. The molecule has 0 spiro atoms. The molecule has 0 heterocycles. The summed E-state index contributed by atoms with van der Waals surface area (Å²) in [6, 6.07) is 3.48. The molecular weight excluding hydrogens is 228 g/mol. The number of benzene rings is 1. The smallest absolute Gasteiger partial charge is 0.303 e. The molecule has 0 aliphatic heterocycles. The van der Waals surface area contributed by atoms with Gasteiger partial charge in [0.2, 0.25) is 0 Å². The Morgan fingerprint density at radius 2 is 1.88 bits per heavy atom. The fourth-order valence-corrected chi connectivity index (χ4v) is 1.65. The van der Waals surface area contributed by atoms with Crippen LogP contribution in [0, 0.1) is 0 Å². The van der Waals surface area contributed by atoms with Crippen molar-refractivity contribution in [3.8, 4) is 11.5 Å². The van der Waals surface area contributed by atoms with Crippen molar-refractivity contribution >= 4 is 18.6 Å². The molecule has 0 bridgehead atoms. The number of aryl methyl sites for hydroxylation is 1. The van der Waals surface area contributed by atoms with E-state index in [1.54, 1.807) is 19.2 Å². The average Bonchev–Trinajstić information content (AvgIpc) is 2.26. The standard InChI is InChI=1S/C11H14O4S/c1-14-8-5-7(3-4-11(12)13)10(16)6-9(8)15-2/h5-6,16H,3-4H2,1-2H3,(H,12,13). The normalized spacial score (nSPS) is 9.94. The molecule has 0 aliphatic rings. The minimum absolute atomic E-state index is 0.0725. The van der Waals surface area contributed by atoms with E-state index in [1.165, 1.54) is 7.11 Å². The zero-order chi connectivity index (χ0) is 12.1. The van der Waals surface area contributed by atoms with Crippen LogP contribution in [0.5, 0.6) is 11.5 Å². The van der Waals surface area contributed by atoms with Gasteiger partial charge < -0.3 is 14.6 Å². The predicted molar refractivity (Wildman–Crippen MR) is 62.8 cm³/mol. The van der Waals surface area contributed by atoms with Crippen molar-refractivity contribution in [2.24, 2.45) is 0 Å². The maximum absolute atomic E-state index is 10.5. The summed E-state index contributed by atoms with van der Waals surface area (Å²) in [6.45, 7) is 0. The molecule has 0 aromatic heterocycles. The van der Waals surface area contributed by atoms with Crippen LogP contribution in [0.2, 0.25) is 0 Å². The SMILES string of the molecule is COc1cc(S)c(CCC(=O)O)cc1OC. The van der Waals surface area contributed by atoms with E-state index in [1.807, 2.05) is 0 Å². The number of methoxy groups -OCH3 is 2. The molecule has 0 unspecified atom stereocenters. The summed E-state index contributed by atoms with van der Waals surface area (Å²) in [6.07, 6.45) is 0.498. The number of ether oxygens (including phenoxy) is 2. The van der Waals surface area contributed by atoms with Crippen molar-refractivity contribution in [3.63, 3.8) is 0 Å². The van der Waals surface area contributed by atoms with E-state index in [-0.39, 0.29) is 6.42 Å². The van der Waals surface area contributed by atoms with Gasteiger partial charge >= 0.3 is 5.97 Å². The maximum Gasteiger partial charge on any atom is 0.303 e. The number of hydrogen-bond acceptors (Lipinski definition) is 4. The second-order valence-electron chi connectivity index (χ2n) is 3.23. The third-order valence-electron chi connectivity index (χ3n) is 2.19. The minimum Gasteiger partial charge on any atom is -0.493 e. The summed E-state index contributed by atoms with van der Waals surface area (Å²) in [7, 11) is 3.08. The van der Waals surface area contributed by atoms with Crippen molar-refractivity contribution in [2.45, 2.75) is 17.7 Å². The first-order valence-corrected chi connectivity index (χ1v) is 5.19. The second-order valence-corrected chi connectivity index (χ2v) is 3.71. The van der Waals surface area contributed by atoms with Gasteiger partial charge in [0.25, 0.3) is 0 Å². The first-order valence-electron chi connectivity index (χ1n) is 4.74. The summed E-state index contributed by atoms with van der Waals surface area (Å²) in [5, 5.41) is 8.61. The average molecular weight is 242 g/mol. The second kappa shape index (κ2) is 5.65. The van der Waals surface area contributed by atoms with Crippen LogP contribution in [-0.2, 0) is 11.2 Å². The highest BCUT2D eigenvalue weighted by Gasteiger charge is 2.10. The Bertz CT molecular complexity index is 390. The van der Waals surface area contributed by atoms with Crippen LogP contribution >= 0.6 is 12.6 Å². The largest absolute Gasteiger partial charge is 0.493 e. The minimum atomic E-state index is -0.831. The first kappa shape index (κ1) is 12.7. The lowest BCUT2D eigenvalue weighted by Crippen LogP contribution is -1.99. The van der Waals surface area contributed by atoms with Crippen LogP contribution in [0.3, 0.4) is 0 Å². The number of hydrogen-bond donors (Lipinski definition) is 2. The van der Waals surface area contributed by atoms with Crippen LogP contribution in [0.15, 0.2) is 17.0 Å². The van der Waals surface area contributed by atoms with E-state index in [0.29, 0.717) is 22.8 Å². The van der Waals surface area contributed by atoms with Crippen LogP contribution in [0.1, 0.15) is 12.0 Å². The summed E-state index contributed by atoms with van der Waals surface area (Å²) in [5.74, 6) is 0.342. The number of rotatable bonds is 5. The lowest BCUT2D eigenvalue weighted by atomic mass is 10.1. The van der Waals surface area contributed by atoms with Crippen molar-refractivity contribution < 1.29 is 19.4 Å². The Labute approximate surface area is 99.6 Å². The van der Waals surface area contributed by atoms with Gasteiger partial charge in [0, 0.05) is 11.3 Å². The molecule has 1 rings (SSSR count). The molecule has 4 nitrogen and oxygen atoms in total. The molecule has 1 aromatic carbocycles. The van der Waals surface area contributed by atoms with Crippen LogP contribution < -0.4 is 9.47 Å². The fraction of sp³-hybridized carbons (Fsp3) is 0.364. The Hall–Kier alpha value is -1.36. The van der Waals surface area contributed by atoms with Crippen molar-refractivity contribution in [1.29, 1.82) is 0 Å². The Morgan fingerprint density at radius 1 is 1.31 bits per heavy atom. The number of aliphatic carboxylic acids is 1. The van der Waals surface area contributed by atoms with E-state index < -0.39 is 5.97 Å². The lowest BCUT2D eigenvalue weighted by Gasteiger charge is -2.11. The molecule has 16 heavy (non-hydrogen) atoms. The highest BCUT2D eigenvalue weighted by Crippen LogP contribution is 2.32. The zero-order valence-corrected chi connectivity index (χ0v) is 10.1.